The van der Waals surface area contributed by atoms with Crippen molar-refractivity contribution in [2.45, 2.75) is 13.0 Å². The molecule has 1 amide bonds. The molecule has 4 N–H and O–H groups in total. The van der Waals surface area contributed by atoms with Gasteiger partial charge in [-0.2, -0.15) is 0 Å². The maximum Gasteiger partial charge on any atom is 0.271 e. The number of hydrogen-bond acceptors (Lipinski definition) is 5. The predicted octanol–water partition coefficient (Wildman–Crippen LogP) is 0.575. The highest BCUT2D eigenvalue weighted by Crippen LogP contribution is 2.19. The smallest absolute Gasteiger partial charge is 0.271 e. The van der Waals surface area contributed by atoms with E-state index in [4.69, 9.17) is 5.73 Å². The number of benzene rings is 1. The van der Waals surface area contributed by atoms with E-state index in [9.17, 15) is 9.90 Å². The Morgan fingerprint density at radius 2 is 2.19 bits per heavy atom. The Kier molecular flexibility index (Phi) is 3.19. The number of aromatic nitrogens is 3. The average Bonchev–Trinajstić information content (AvgIpc) is 2.84. The van der Waals surface area contributed by atoms with Crippen LogP contribution in [0.4, 0.5) is 5.82 Å². The van der Waals surface area contributed by atoms with Gasteiger partial charge in [0.05, 0.1) is 17.1 Å². The van der Waals surface area contributed by atoms with Crippen molar-refractivity contribution in [3.8, 4) is 0 Å². The number of imidazole rings is 1. The topological polar surface area (TPSA) is 106 Å². The van der Waals surface area contributed by atoms with Crippen LogP contribution in [0.15, 0.2) is 30.5 Å². The quantitative estimate of drug-likeness (QED) is 0.652. The first kappa shape index (κ1) is 13.3. The van der Waals surface area contributed by atoms with Gasteiger partial charge in [-0.05, 0) is 19.1 Å². The standard InChI is InChI=1S/C14H15N5O2/c1-8(20)6-16-14(21)10-7-19-11-5-3-2-4-9(11)18-13(19)12(15)17-10/h2-5,7-8,20H,6H2,1H3,(H2,15,17)(H,16,21). The molecule has 1 unspecified atom stereocenters. The van der Waals surface area contributed by atoms with E-state index in [0.717, 1.165) is 11.0 Å². The highest BCUT2D eigenvalue weighted by Gasteiger charge is 2.14. The summed E-state index contributed by atoms with van der Waals surface area (Å²) in [5.41, 5.74) is 8.23. The van der Waals surface area contributed by atoms with E-state index in [1.165, 1.54) is 0 Å². The molecule has 0 aliphatic rings. The number of anilines is 1. The first-order valence-electron chi connectivity index (χ1n) is 6.56. The Morgan fingerprint density at radius 1 is 1.43 bits per heavy atom. The third-order valence-corrected chi connectivity index (χ3v) is 3.11. The maximum absolute atomic E-state index is 12.0. The number of rotatable bonds is 3. The van der Waals surface area contributed by atoms with E-state index in [1.807, 2.05) is 24.3 Å². The van der Waals surface area contributed by atoms with E-state index in [1.54, 1.807) is 17.5 Å². The third-order valence-electron chi connectivity index (χ3n) is 3.11. The van der Waals surface area contributed by atoms with Crippen molar-refractivity contribution in [2.75, 3.05) is 12.3 Å². The van der Waals surface area contributed by atoms with Gasteiger partial charge in [-0.25, -0.2) is 9.97 Å². The number of para-hydroxylation sites is 2. The van der Waals surface area contributed by atoms with E-state index in [2.05, 4.69) is 15.3 Å². The molecule has 1 aromatic carbocycles. The van der Waals surface area contributed by atoms with Crippen LogP contribution in [0, 0.1) is 0 Å². The first-order chi connectivity index (χ1) is 10.1. The minimum Gasteiger partial charge on any atom is -0.392 e. The fraction of sp³-hybridized carbons (Fsp3) is 0.214. The third kappa shape index (κ3) is 2.38. The molecule has 0 radical (unpaired) electrons. The summed E-state index contributed by atoms with van der Waals surface area (Å²) in [5, 5.41) is 11.8. The number of hydrogen-bond donors (Lipinski definition) is 3. The van der Waals surface area contributed by atoms with Crippen molar-refractivity contribution >= 4 is 28.4 Å². The zero-order valence-electron chi connectivity index (χ0n) is 11.4. The van der Waals surface area contributed by atoms with Gasteiger partial charge in [0.15, 0.2) is 11.5 Å². The molecule has 0 bridgehead atoms. The largest absolute Gasteiger partial charge is 0.392 e. The van der Waals surface area contributed by atoms with E-state index < -0.39 is 6.10 Å². The van der Waals surface area contributed by atoms with Crippen LogP contribution in [0.1, 0.15) is 17.4 Å². The molecule has 2 aromatic heterocycles. The molecule has 0 saturated carbocycles. The Bertz CT molecular complexity index is 825. The molecule has 1 atom stereocenters. The number of aliphatic hydroxyl groups excluding tert-OH is 1. The summed E-state index contributed by atoms with van der Waals surface area (Å²) in [4.78, 5) is 20.5. The van der Waals surface area contributed by atoms with Crippen LogP contribution in [0.2, 0.25) is 0 Å². The SMILES string of the molecule is CC(O)CNC(=O)c1cn2c(nc3ccccc32)c(N)n1. The Balaban J connectivity index is 2.09. The summed E-state index contributed by atoms with van der Waals surface area (Å²) in [5.74, 6) is -0.196. The van der Waals surface area contributed by atoms with Crippen LogP contribution in [0.25, 0.3) is 16.7 Å². The summed E-state index contributed by atoms with van der Waals surface area (Å²) >= 11 is 0. The van der Waals surface area contributed by atoms with Crippen molar-refractivity contribution in [2.24, 2.45) is 0 Å². The number of nitrogen functional groups attached to an aromatic ring is 1. The molecule has 2 heterocycles. The van der Waals surface area contributed by atoms with Gasteiger partial charge >= 0.3 is 0 Å². The minimum atomic E-state index is -0.621. The fourth-order valence-electron chi connectivity index (χ4n) is 2.13. The monoisotopic (exact) mass is 285 g/mol. The summed E-state index contributed by atoms with van der Waals surface area (Å²) in [6, 6.07) is 7.54. The maximum atomic E-state index is 12.0. The summed E-state index contributed by atoms with van der Waals surface area (Å²) < 4.78 is 1.74. The Hall–Kier alpha value is -2.67. The van der Waals surface area contributed by atoms with Crippen molar-refractivity contribution in [3.63, 3.8) is 0 Å². The number of aliphatic hydroxyl groups is 1. The number of carbonyl (C=O) groups is 1. The number of nitrogens with zero attached hydrogens (tertiary/aromatic N) is 3. The molecule has 3 aromatic rings. The second-order valence-corrected chi connectivity index (χ2v) is 4.86. The normalized spacial score (nSPS) is 12.7. The van der Waals surface area contributed by atoms with Crippen molar-refractivity contribution in [1.29, 1.82) is 0 Å². The number of nitrogens with two attached hydrogens (primary N) is 1. The molecule has 0 aliphatic heterocycles. The summed E-state index contributed by atoms with van der Waals surface area (Å²) in [7, 11) is 0. The van der Waals surface area contributed by atoms with Crippen LogP contribution >= 0.6 is 0 Å². The lowest BCUT2D eigenvalue weighted by molar-refractivity contribution is 0.0919. The highest BCUT2D eigenvalue weighted by molar-refractivity contribution is 5.94. The first-order valence-corrected chi connectivity index (χ1v) is 6.56. The van der Waals surface area contributed by atoms with Gasteiger partial charge in [-0.3, -0.25) is 9.20 Å². The molecular formula is C14H15N5O2. The number of carbonyl (C=O) groups excluding carboxylic acids is 1. The highest BCUT2D eigenvalue weighted by atomic mass is 16.3. The molecule has 21 heavy (non-hydrogen) atoms. The molecule has 3 rings (SSSR count). The van der Waals surface area contributed by atoms with Crippen LogP contribution in [-0.2, 0) is 0 Å². The minimum absolute atomic E-state index is 0.156. The van der Waals surface area contributed by atoms with Crippen LogP contribution in [0.5, 0.6) is 0 Å². The second kappa shape index (κ2) is 5.02. The van der Waals surface area contributed by atoms with E-state index in [-0.39, 0.29) is 24.0 Å². The lowest BCUT2D eigenvalue weighted by atomic mass is 10.3. The molecule has 108 valence electrons. The van der Waals surface area contributed by atoms with Crippen LogP contribution in [0.3, 0.4) is 0 Å². The lowest BCUT2D eigenvalue weighted by Crippen LogP contribution is -2.31. The van der Waals surface area contributed by atoms with Gasteiger partial charge in [-0.15, -0.1) is 0 Å². The molecule has 0 fully saturated rings. The van der Waals surface area contributed by atoms with E-state index in [0.29, 0.717) is 5.65 Å². The van der Waals surface area contributed by atoms with Gasteiger partial charge in [0, 0.05) is 12.7 Å². The molecular weight excluding hydrogens is 270 g/mol. The van der Waals surface area contributed by atoms with Crippen LogP contribution < -0.4 is 11.1 Å². The molecule has 7 nitrogen and oxygen atoms in total. The van der Waals surface area contributed by atoms with Gasteiger partial charge in [0.25, 0.3) is 5.91 Å². The summed E-state index contributed by atoms with van der Waals surface area (Å²) in [6.07, 6.45) is 0.974. The van der Waals surface area contributed by atoms with Gasteiger partial charge in [-0.1, -0.05) is 12.1 Å². The van der Waals surface area contributed by atoms with E-state index >= 15 is 0 Å². The molecule has 0 aliphatic carbocycles. The second-order valence-electron chi connectivity index (χ2n) is 4.86. The zero-order valence-corrected chi connectivity index (χ0v) is 11.4. The Morgan fingerprint density at radius 3 is 2.95 bits per heavy atom. The molecule has 0 spiro atoms. The number of amides is 1. The fourth-order valence-corrected chi connectivity index (χ4v) is 2.13. The van der Waals surface area contributed by atoms with Crippen molar-refractivity contribution in [3.05, 3.63) is 36.2 Å². The van der Waals surface area contributed by atoms with Crippen molar-refractivity contribution in [1.82, 2.24) is 19.7 Å². The van der Waals surface area contributed by atoms with Gasteiger partial charge in [0.2, 0.25) is 0 Å². The average molecular weight is 285 g/mol. The van der Waals surface area contributed by atoms with Crippen molar-refractivity contribution < 1.29 is 9.90 Å². The lowest BCUT2D eigenvalue weighted by Gasteiger charge is -2.08. The predicted molar refractivity (Wildman–Crippen MR) is 78.9 cm³/mol. The van der Waals surface area contributed by atoms with Crippen LogP contribution in [-0.4, -0.2) is 38.0 Å². The Labute approximate surface area is 120 Å². The number of fused-ring (bicyclic) bond motifs is 3. The molecule has 7 heteroatoms. The zero-order chi connectivity index (χ0) is 15.0. The molecule has 0 saturated heterocycles. The van der Waals surface area contributed by atoms with Gasteiger partial charge < -0.3 is 16.2 Å². The number of nitrogens with one attached hydrogen (secondary N) is 1. The van der Waals surface area contributed by atoms with Gasteiger partial charge in [0.1, 0.15) is 5.69 Å². The summed E-state index contributed by atoms with van der Waals surface area (Å²) in [6.45, 7) is 1.75.